The van der Waals surface area contributed by atoms with Crippen LogP contribution in [-0.4, -0.2) is 29.7 Å². The Morgan fingerprint density at radius 3 is 2.52 bits per heavy atom. The van der Waals surface area contributed by atoms with Crippen molar-refractivity contribution in [2.24, 2.45) is 5.92 Å². The van der Waals surface area contributed by atoms with Crippen LogP contribution >= 0.6 is 0 Å². The van der Waals surface area contributed by atoms with Crippen LogP contribution < -0.4 is 4.74 Å². The zero-order chi connectivity index (χ0) is 19.1. The molecule has 0 radical (unpaired) electrons. The highest BCUT2D eigenvalue weighted by Gasteiger charge is 2.18. The summed E-state index contributed by atoms with van der Waals surface area (Å²) in [6, 6.07) is 6.58. The van der Waals surface area contributed by atoms with Gasteiger partial charge in [0.25, 0.3) is 0 Å². The zero-order valence-electron chi connectivity index (χ0n) is 17.7. The molecule has 3 nitrogen and oxygen atoms in total. The largest absolute Gasteiger partial charge is 0.497 e. The van der Waals surface area contributed by atoms with Crippen molar-refractivity contribution in [1.82, 2.24) is 9.47 Å². The third-order valence-corrected chi connectivity index (χ3v) is 6.19. The second kappa shape index (κ2) is 10.2. The van der Waals surface area contributed by atoms with Crippen LogP contribution in [0.5, 0.6) is 5.75 Å². The second-order valence-electron chi connectivity index (χ2n) is 8.46. The van der Waals surface area contributed by atoms with Crippen molar-refractivity contribution in [2.45, 2.75) is 78.3 Å². The van der Waals surface area contributed by atoms with Crippen LogP contribution in [0.4, 0.5) is 0 Å². The number of likely N-dealkylation sites (tertiary alicyclic amines) is 1. The van der Waals surface area contributed by atoms with Crippen molar-refractivity contribution in [2.75, 3.05) is 20.2 Å². The minimum absolute atomic E-state index is 0.885. The van der Waals surface area contributed by atoms with Crippen LogP contribution in [0.1, 0.15) is 70.8 Å². The zero-order valence-corrected chi connectivity index (χ0v) is 17.7. The van der Waals surface area contributed by atoms with Gasteiger partial charge in [-0.15, -0.1) is 0 Å². The van der Waals surface area contributed by atoms with Gasteiger partial charge in [-0.3, -0.25) is 4.90 Å². The number of fused-ring (bicyclic) bond motifs is 1. The lowest BCUT2D eigenvalue weighted by Gasteiger charge is -2.30. The molecule has 0 saturated carbocycles. The van der Waals surface area contributed by atoms with Gasteiger partial charge in [-0.1, -0.05) is 46.0 Å². The maximum atomic E-state index is 5.50. The lowest BCUT2D eigenvalue weighted by atomic mass is 9.99. The minimum atomic E-state index is 0.885. The molecule has 1 aliphatic heterocycles. The topological polar surface area (TPSA) is 17.4 Å². The Balaban J connectivity index is 1.70. The summed E-state index contributed by atoms with van der Waals surface area (Å²) in [5, 5.41) is 1.37. The first-order valence-corrected chi connectivity index (χ1v) is 11.1. The molecule has 2 aromatic rings. The van der Waals surface area contributed by atoms with Crippen molar-refractivity contribution in [1.29, 1.82) is 0 Å². The molecule has 0 aliphatic carbocycles. The number of hydrogen-bond donors (Lipinski definition) is 0. The summed E-state index contributed by atoms with van der Waals surface area (Å²) in [4.78, 5) is 2.63. The van der Waals surface area contributed by atoms with E-state index in [0.717, 1.165) is 24.8 Å². The summed E-state index contributed by atoms with van der Waals surface area (Å²) in [5.41, 5.74) is 2.83. The third-order valence-electron chi connectivity index (χ3n) is 6.19. The van der Waals surface area contributed by atoms with Crippen LogP contribution in [-0.2, 0) is 13.1 Å². The highest BCUT2D eigenvalue weighted by molar-refractivity contribution is 5.85. The Hall–Kier alpha value is -1.48. The molecule has 1 aromatic carbocycles. The van der Waals surface area contributed by atoms with E-state index in [1.54, 1.807) is 7.11 Å². The van der Waals surface area contributed by atoms with Crippen molar-refractivity contribution in [3.63, 3.8) is 0 Å². The van der Waals surface area contributed by atoms with Gasteiger partial charge in [-0.2, -0.15) is 0 Å². The van der Waals surface area contributed by atoms with E-state index in [0.29, 0.717) is 0 Å². The molecule has 0 atom stereocenters. The van der Waals surface area contributed by atoms with Gasteiger partial charge in [-0.25, -0.2) is 0 Å². The quantitative estimate of drug-likeness (QED) is 0.460. The number of hydrogen-bond acceptors (Lipinski definition) is 2. The molecule has 1 saturated heterocycles. The number of nitrogens with zero attached hydrogens (tertiary/aromatic N) is 2. The molecule has 1 aliphatic rings. The molecule has 0 N–H and O–H groups in total. The van der Waals surface area contributed by atoms with E-state index in [1.165, 1.54) is 80.9 Å². The van der Waals surface area contributed by atoms with Gasteiger partial charge in [0.15, 0.2) is 0 Å². The Morgan fingerprint density at radius 2 is 1.78 bits per heavy atom. The summed E-state index contributed by atoms with van der Waals surface area (Å²) in [6.07, 6.45) is 13.2. The summed E-state index contributed by atoms with van der Waals surface area (Å²) in [5.74, 6) is 1.85. The van der Waals surface area contributed by atoms with E-state index in [4.69, 9.17) is 4.74 Å². The molecule has 150 valence electrons. The Labute approximate surface area is 165 Å². The molecule has 2 heterocycles. The van der Waals surface area contributed by atoms with Crippen LogP contribution in [0.2, 0.25) is 0 Å². The maximum absolute atomic E-state index is 5.50. The van der Waals surface area contributed by atoms with Gasteiger partial charge in [0.05, 0.1) is 7.11 Å². The number of ether oxygens (including phenoxy) is 1. The predicted molar refractivity (Wildman–Crippen MR) is 116 cm³/mol. The molecule has 1 fully saturated rings. The fraction of sp³-hybridized carbons (Fsp3) is 0.667. The van der Waals surface area contributed by atoms with Gasteiger partial charge in [0.2, 0.25) is 0 Å². The predicted octanol–water partition coefficient (Wildman–Crippen LogP) is 6.24. The number of piperidine rings is 1. The third kappa shape index (κ3) is 5.51. The van der Waals surface area contributed by atoms with Crippen LogP contribution in [0, 0.1) is 5.92 Å². The van der Waals surface area contributed by atoms with E-state index in [9.17, 15) is 0 Å². The number of rotatable bonds is 10. The number of methoxy groups -OCH3 is 1. The fourth-order valence-corrected chi connectivity index (χ4v) is 4.31. The molecule has 1 aromatic heterocycles. The average molecular weight is 371 g/mol. The van der Waals surface area contributed by atoms with Crippen LogP contribution in [0.15, 0.2) is 24.4 Å². The van der Waals surface area contributed by atoms with E-state index < -0.39 is 0 Å². The number of benzene rings is 1. The lowest BCUT2D eigenvalue weighted by molar-refractivity contribution is 0.186. The maximum Gasteiger partial charge on any atom is 0.119 e. The van der Waals surface area contributed by atoms with Gasteiger partial charge < -0.3 is 9.30 Å². The molecular formula is C24H38N2O. The first-order chi connectivity index (χ1) is 13.2. The fourth-order valence-electron chi connectivity index (χ4n) is 4.31. The second-order valence-corrected chi connectivity index (χ2v) is 8.46. The van der Waals surface area contributed by atoms with E-state index >= 15 is 0 Å². The van der Waals surface area contributed by atoms with Gasteiger partial charge in [-0.05, 0) is 62.0 Å². The highest BCUT2D eigenvalue weighted by atomic mass is 16.5. The molecule has 3 heteroatoms. The summed E-state index contributed by atoms with van der Waals surface area (Å²) in [6.45, 7) is 9.33. The van der Waals surface area contributed by atoms with Gasteiger partial charge in [0, 0.05) is 30.2 Å². The molecule has 0 spiro atoms. The van der Waals surface area contributed by atoms with Crippen molar-refractivity contribution in [3.05, 3.63) is 30.0 Å². The normalized spacial score (nSPS) is 16.3. The molecule has 27 heavy (non-hydrogen) atoms. The summed E-state index contributed by atoms with van der Waals surface area (Å²) < 4.78 is 7.99. The number of aryl methyl sites for hydroxylation is 1. The molecule has 0 amide bonds. The smallest absolute Gasteiger partial charge is 0.119 e. The Morgan fingerprint density at radius 1 is 1.04 bits per heavy atom. The highest BCUT2D eigenvalue weighted by Crippen LogP contribution is 2.29. The molecule has 0 bridgehead atoms. The Kier molecular flexibility index (Phi) is 7.63. The minimum Gasteiger partial charge on any atom is -0.497 e. The first kappa shape index (κ1) is 20.3. The standard InChI is InChI=1S/C24H38N2O/c1-4-5-6-7-8-9-14-26-19-21(18-25-15-12-20(2)13-16-25)23-17-22(27-3)10-11-24(23)26/h10-11,17,19-20H,4-9,12-16,18H2,1-3H3. The number of unbranched alkanes of at least 4 members (excludes halogenated alkanes) is 5. The Bertz CT molecular complexity index is 698. The van der Waals surface area contributed by atoms with Gasteiger partial charge in [0.1, 0.15) is 5.75 Å². The molecule has 0 unspecified atom stereocenters. The SMILES string of the molecule is CCCCCCCCn1cc(CN2CCC(C)CC2)c2cc(OC)ccc21. The van der Waals surface area contributed by atoms with E-state index in [-0.39, 0.29) is 0 Å². The average Bonchev–Trinajstić information content (AvgIpc) is 3.03. The lowest BCUT2D eigenvalue weighted by Crippen LogP contribution is -2.32. The van der Waals surface area contributed by atoms with Gasteiger partial charge >= 0.3 is 0 Å². The first-order valence-electron chi connectivity index (χ1n) is 11.1. The van der Waals surface area contributed by atoms with Crippen molar-refractivity contribution < 1.29 is 4.74 Å². The summed E-state index contributed by atoms with van der Waals surface area (Å²) >= 11 is 0. The van der Waals surface area contributed by atoms with Crippen LogP contribution in [0.25, 0.3) is 10.9 Å². The number of aromatic nitrogens is 1. The monoisotopic (exact) mass is 370 g/mol. The van der Waals surface area contributed by atoms with Crippen molar-refractivity contribution in [3.8, 4) is 5.75 Å². The van der Waals surface area contributed by atoms with E-state index in [2.05, 4.69) is 47.7 Å². The summed E-state index contributed by atoms with van der Waals surface area (Å²) in [7, 11) is 1.76. The van der Waals surface area contributed by atoms with Crippen LogP contribution in [0.3, 0.4) is 0 Å². The van der Waals surface area contributed by atoms with E-state index in [1.807, 2.05) is 0 Å². The molecular weight excluding hydrogens is 332 g/mol. The molecule has 3 rings (SSSR count). The van der Waals surface area contributed by atoms with Crippen molar-refractivity contribution >= 4 is 10.9 Å².